The molecule has 2 saturated heterocycles. The Balaban J connectivity index is 1.73. The minimum absolute atomic E-state index is 0.0844. The lowest BCUT2D eigenvalue weighted by atomic mass is 9.93. The maximum Gasteiger partial charge on any atom is 0.229 e. The molecule has 2 aromatic carbocycles. The summed E-state index contributed by atoms with van der Waals surface area (Å²) in [5.74, 6) is -3.73. The first-order valence-electron chi connectivity index (χ1n) is 12.5. The lowest BCUT2D eigenvalue weighted by Crippen LogP contribution is -2.60. The molecule has 15 heteroatoms. The minimum Gasteiger partial charge on any atom is -0.506 e. The Morgan fingerprint density at radius 2 is 1.63 bits per heavy atom. The van der Waals surface area contributed by atoms with Crippen LogP contribution in [0.2, 0.25) is 0 Å². The number of benzene rings is 2. The minimum atomic E-state index is -1.95. The SMILES string of the molecule is O=c1cc(-c2ccc(O)c(O)c2)oc2c(OC3OC(CO)C(O)C(O)C3O)c(O)c(C3OCC(O)CC3O)c(O)c12. The Labute approximate surface area is 229 Å². The van der Waals surface area contributed by atoms with Gasteiger partial charge < -0.3 is 69.7 Å². The summed E-state index contributed by atoms with van der Waals surface area (Å²) in [6.45, 7) is -1.09. The number of aliphatic hydroxyl groups excluding tert-OH is 6. The van der Waals surface area contributed by atoms with Crippen molar-refractivity contribution in [1.29, 1.82) is 0 Å². The third-order valence-corrected chi connectivity index (χ3v) is 7.07. The van der Waals surface area contributed by atoms with Crippen molar-refractivity contribution in [3.63, 3.8) is 0 Å². The maximum absolute atomic E-state index is 13.3. The number of rotatable bonds is 5. The van der Waals surface area contributed by atoms with Crippen LogP contribution in [0.3, 0.4) is 0 Å². The quantitative estimate of drug-likeness (QED) is 0.156. The largest absolute Gasteiger partial charge is 0.506 e. The van der Waals surface area contributed by atoms with Crippen molar-refractivity contribution in [2.75, 3.05) is 13.2 Å². The van der Waals surface area contributed by atoms with Gasteiger partial charge in [0.1, 0.15) is 47.4 Å². The van der Waals surface area contributed by atoms with E-state index in [1.807, 2.05) is 0 Å². The molecule has 3 heterocycles. The van der Waals surface area contributed by atoms with E-state index in [0.717, 1.165) is 18.2 Å². The molecule has 8 atom stereocenters. The van der Waals surface area contributed by atoms with E-state index in [1.54, 1.807) is 0 Å². The molecule has 1 aromatic heterocycles. The van der Waals surface area contributed by atoms with Gasteiger partial charge in [-0.1, -0.05) is 0 Å². The van der Waals surface area contributed by atoms with Gasteiger partial charge in [-0.3, -0.25) is 4.79 Å². The van der Waals surface area contributed by atoms with Gasteiger partial charge in [-0.05, 0) is 18.2 Å². The Morgan fingerprint density at radius 1 is 0.902 bits per heavy atom. The zero-order valence-electron chi connectivity index (χ0n) is 21.1. The van der Waals surface area contributed by atoms with Gasteiger partial charge in [0, 0.05) is 18.1 Å². The van der Waals surface area contributed by atoms with E-state index in [4.69, 9.17) is 18.6 Å². The van der Waals surface area contributed by atoms with Crippen LogP contribution in [0.1, 0.15) is 18.1 Å². The second-order valence-corrected chi connectivity index (χ2v) is 9.85. The predicted octanol–water partition coefficient (Wildman–Crippen LogP) is -1.36. The molecule has 8 unspecified atom stereocenters. The van der Waals surface area contributed by atoms with Gasteiger partial charge in [-0.15, -0.1) is 0 Å². The average molecular weight is 580 g/mol. The molecule has 2 aliphatic heterocycles. The summed E-state index contributed by atoms with van der Waals surface area (Å²) < 4.78 is 22.3. The van der Waals surface area contributed by atoms with E-state index in [2.05, 4.69) is 0 Å². The highest BCUT2D eigenvalue weighted by Crippen LogP contribution is 2.50. The molecule has 2 aliphatic rings. The van der Waals surface area contributed by atoms with Crippen molar-refractivity contribution >= 4 is 11.0 Å². The molecular weight excluding hydrogens is 552 g/mol. The van der Waals surface area contributed by atoms with Crippen LogP contribution in [0, 0.1) is 0 Å². The Bertz CT molecular complexity index is 1500. The second-order valence-electron chi connectivity index (χ2n) is 9.85. The molecule has 10 N–H and O–H groups in total. The van der Waals surface area contributed by atoms with Gasteiger partial charge in [0.05, 0.1) is 31.0 Å². The number of aromatic hydroxyl groups is 4. The molecule has 3 aromatic rings. The lowest BCUT2D eigenvalue weighted by Gasteiger charge is -2.39. The van der Waals surface area contributed by atoms with Crippen LogP contribution in [0.4, 0.5) is 0 Å². The van der Waals surface area contributed by atoms with Crippen LogP contribution in [0.15, 0.2) is 33.5 Å². The standard InChI is InChI=1S/C26H28O15/c27-6-15-18(33)21(36)22(37)26(40-15)41-25-20(35)17(23-13(32)4-9(28)7-38-23)19(34)16-12(31)5-14(39-24(16)25)8-1-2-10(29)11(30)3-8/h1-3,5,9,13,15,18,21-23,26-30,32-37H,4,6-7H2. The van der Waals surface area contributed by atoms with Crippen LogP contribution < -0.4 is 10.2 Å². The van der Waals surface area contributed by atoms with Crippen molar-refractivity contribution in [1.82, 2.24) is 0 Å². The smallest absolute Gasteiger partial charge is 0.229 e. The monoisotopic (exact) mass is 580 g/mol. The van der Waals surface area contributed by atoms with Gasteiger partial charge in [-0.25, -0.2) is 0 Å². The van der Waals surface area contributed by atoms with Crippen molar-refractivity contribution in [3.8, 4) is 40.1 Å². The molecule has 0 amide bonds. The number of aliphatic hydroxyl groups is 6. The number of fused-ring (bicyclic) bond motifs is 1. The van der Waals surface area contributed by atoms with Gasteiger partial charge >= 0.3 is 0 Å². The fraction of sp³-hybridized carbons (Fsp3) is 0.423. The summed E-state index contributed by atoms with van der Waals surface area (Å²) in [7, 11) is 0. The van der Waals surface area contributed by atoms with Crippen LogP contribution >= 0.6 is 0 Å². The molecule has 15 nitrogen and oxygen atoms in total. The highest BCUT2D eigenvalue weighted by molar-refractivity contribution is 5.93. The summed E-state index contributed by atoms with van der Waals surface area (Å²) in [5.41, 5.74) is -1.92. The fourth-order valence-electron chi connectivity index (χ4n) is 4.90. The van der Waals surface area contributed by atoms with Crippen molar-refractivity contribution in [2.24, 2.45) is 0 Å². The second kappa shape index (κ2) is 11.0. The molecule has 41 heavy (non-hydrogen) atoms. The van der Waals surface area contributed by atoms with Crippen molar-refractivity contribution in [3.05, 3.63) is 40.1 Å². The molecule has 0 saturated carbocycles. The van der Waals surface area contributed by atoms with Crippen LogP contribution in [-0.2, 0) is 9.47 Å². The van der Waals surface area contributed by atoms with Crippen LogP contribution in [0.25, 0.3) is 22.3 Å². The molecule has 0 aliphatic carbocycles. The molecule has 2 fully saturated rings. The van der Waals surface area contributed by atoms with Gasteiger partial charge in [0.25, 0.3) is 0 Å². The number of ether oxygens (including phenoxy) is 3. The van der Waals surface area contributed by atoms with E-state index in [0.29, 0.717) is 0 Å². The Hall–Kier alpha value is -3.67. The first kappa shape index (κ1) is 28.8. The van der Waals surface area contributed by atoms with Crippen LogP contribution in [0.5, 0.6) is 28.7 Å². The number of phenols is 4. The molecular formula is C26H28O15. The van der Waals surface area contributed by atoms with Crippen molar-refractivity contribution < 1.29 is 69.7 Å². The Kier molecular flexibility index (Phi) is 7.71. The first-order valence-corrected chi connectivity index (χ1v) is 12.5. The van der Waals surface area contributed by atoms with E-state index in [-0.39, 0.29) is 24.4 Å². The van der Waals surface area contributed by atoms with E-state index < -0.39 is 106 Å². The van der Waals surface area contributed by atoms with E-state index >= 15 is 0 Å². The van der Waals surface area contributed by atoms with E-state index in [9.17, 15) is 55.9 Å². The van der Waals surface area contributed by atoms with Crippen LogP contribution in [-0.4, -0.2) is 107 Å². The topological polar surface area (TPSA) is 260 Å². The summed E-state index contributed by atoms with van der Waals surface area (Å²) in [6.07, 6.45) is -13.0. The summed E-state index contributed by atoms with van der Waals surface area (Å²) in [5, 5.41) is 102. The third kappa shape index (κ3) is 5.02. The highest BCUT2D eigenvalue weighted by Gasteiger charge is 2.46. The molecule has 0 spiro atoms. The van der Waals surface area contributed by atoms with Gasteiger partial charge in [-0.2, -0.15) is 0 Å². The average Bonchev–Trinajstić information content (AvgIpc) is 2.93. The van der Waals surface area contributed by atoms with Crippen molar-refractivity contribution in [2.45, 2.75) is 55.4 Å². The molecule has 222 valence electrons. The van der Waals surface area contributed by atoms with E-state index in [1.165, 1.54) is 6.07 Å². The number of hydrogen-bond acceptors (Lipinski definition) is 15. The first-order chi connectivity index (χ1) is 19.4. The highest BCUT2D eigenvalue weighted by atomic mass is 16.7. The fourth-order valence-corrected chi connectivity index (χ4v) is 4.90. The molecule has 5 rings (SSSR count). The summed E-state index contributed by atoms with van der Waals surface area (Å²) >= 11 is 0. The zero-order valence-corrected chi connectivity index (χ0v) is 21.1. The van der Waals surface area contributed by atoms with Gasteiger partial charge in [0.15, 0.2) is 28.3 Å². The Morgan fingerprint density at radius 3 is 2.29 bits per heavy atom. The van der Waals surface area contributed by atoms with Gasteiger partial charge in [0.2, 0.25) is 12.0 Å². The zero-order chi connectivity index (χ0) is 29.7. The number of phenolic OH excluding ortho intramolecular Hbond substituents is 4. The molecule has 0 bridgehead atoms. The normalized spacial score (nSPS) is 30.4. The summed E-state index contributed by atoms with van der Waals surface area (Å²) in [6, 6.07) is 4.43. The molecule has 0 radical (unpaired) electrons. The summed E-state index contributed by atoms with van der Waals surface area (Å²) in [4.78, 5) is 13.3. The number of hydrogen-bond donors (Lipinski definition) is 10. The predicted molar refractivity (Wildman–Crippen MR) is 134 cm³/mol. The lowest BCUT2D eigenvalue weighted by molar-refractivity contribution is -0.277. The maximum atomic E-state index is 13.3. The third-order valence-electron chi connectivity index (χ3n) is 7.07.